The number of halogens is 1. The maximum Gasteiger partial charge on any atom is 0.337 e. The van der Waals surface area contributed by atoms with Gasteiger partial charge in [0, 0.05) is 16.2 Å². The lowest BCUT2D eigenvalue weighted by Gasteiger charge is -2.20. The lowest BCUT2D eigenvalue weighted by Crippen LogP contribution is -2.23. The second kappa shape index (κ2) is 5.08. The summed E-state index contributed by atoms with van der Waals surface area (Å²) in [5.74, 6) is -0.278. The summed E-state index contributed by atoms with van der Waals surface area (Å²) in [6.45, 7) is 2.21. The number of anilines is 1. The minimum absolute atomic E-state index is 0.332. The highest BCUT2D eigenvalue weighted by Gasteiger charge is 2.24. The lowest BCUT2D eigenvalue weighted by molar-refractivity contribution is 0.0698. The standard InChI is InChI=1S/C13H16BrNO2/c1-8-3-2-4-11(8)15-12-6-5-9(14)7-10(12)13(16)17/h5-8,11,15H,2-4H2,1H3,(H,16,17). The summed E-state index contributed by atoms with van der Waals surface area (Å²) in [6, 6.07) is 5.74. The van der Waals surface area contributed by atoms with Crippen LogP contribution in [0.5, 0.6) is 0 Å². The highest BCUT2D eigenvalue weighted by atomic mass is 79.9. The molecule has 1 saturated carbocycles. The van der Waals surface area contributed by atoms with Crippen LogP contribution in [0, 0.1) is 5.92 Å². The maximum atomic E-state index is 11.2. The molecule has 0 aliphatic heterocycles. The Hall–Kier alpha value is -1.03. The van der Waals surface area contributed by atoms with Gasteiger partial charge in [-0.05, 0) is 37.0 Å². The molecule has 2 atom stereocenters. The van der Waals surface area contributed by atoms with E-state index in [-0.39, 0.29) is 0 Å². The van der Waals surface area contributed by atoms with Gasteiger partial charge in [-0.3, -0.25) is 0 Å². The smallest absolute Gasteiger partial charge is 0.337 e. The van der Waals surface area contributed by atoms with Crippen molar-refractivity contribution >= 4 is 27.6 Å². The predicted molar refractivity (Wildman–Crippen MR) is 71.5 cm³/mol. The van der Waals surface area contributed by atoms with Gasteiger partial charge in [0.1, 0.15) is 0 Å². The van der Waals surface area contributed by atoms with Crippen molar-refractivity contribution in [2.45, 2.75) is 32.2 Å². The van der Waals surface area contributed by atoms with E-state index in [0.717, 1.165) is 16.6 Å². The van der Waals surface area contributed by atoms with Crippen LogP contribution in [0.2, 0.25) is 0 Å². The number of carboxylic acid groups (broad SMARTS) is 1. The Morgan fingerprint density at radius 1 is 1.47 bits per heavy atom. The molecule has 3 nitrogen and oxygen atoms in total. The molecule has 0 amide bonds. The molecule has 0 heterocycles. The number of hydrogen-bond donors (Lipinski definition) is 2. The van der Waals surface area contributed by atoms with E-state index in [4.69, 9.17) is 5.11 Å². The van der Waals surface area contributed by atoms with E-state index >= 15 is 0 Å². The van der Waals surface area contributed by atoms with Crippen molar-refractivity contribution in [1.82, 2.24) is 0 Å². The molecular formula is C13H16BrNO2. The number of rotatable bonds is 3. The average molecular weight is 298 g/mol. The van der Waals surface area contributed by atoms with Gasteiger partial charge < -0.3 is 10.4 Å². The fourth-order valence-corrected chi connectivity index (χ4v) is 2.74. The van der Waals surface area contributed by atoms with E-state index < -0.39 is 5.97 Å². The lowest BCUT2D eigenvalue weighted by atomic mass is 10.1. The molecular weight excluding hydrogens is 282 g/mol. The molecule has 2 N–H and O–H groups in total. The summed E-state index contributed by atoms with van der Waals surface area (Å²) >= 11 is 3.30. The molecule has 1 fully saturated rings. The maximum absolute atomic E-state index is 11.2. The van der Waals surface area contributed by atoms with Crippen molar-refractivity contribution in [3.8, 4) is 0 Å². The van der Waals surface area contributed by atoms with Gasteiger partial charge in [0.15, 0.2) is 0 Å². The molecule has 2 unspecified atom stereocenters. The molecule has 0 bridgehead atoms. The van der Waals surface area contributed by atoms with Gasteiger partial charge in [-0.1, -0.05) is 29.3 Å². The van der Waals surface area contributed by atoms with E-state index in [9.17, 15) is 4.79 Å². The molecule has 0 spiro atoms. The van der Waals surface area contributed by atoms with E-state index in [1.165, 1.54) is 12.8 Å². The number of hydrogen-bond acceptors (Lipinski definition) is 2. The fraction of sp³-hybridized carbons (Fsp3) is 0.462. The zero-order chi connectivity index (χ0) is 12.4. The first-order valence-corrected chi connectivity index (χ1v) is 6.66. The number of aromatic carboxylic acids is 1. The summed E-state index contributed by atoms with van der Waals surface area (Å²) < 4.78 is 0.792. The third-order valence-corrected chi connectivity index (χ3v) is 3.91. The molecule has 1 aromatic rings. The molecule has 4 heteroatoms. The van der Waals surface area contributed by atoms with Crippen LogP contribution < -0.4 is 5.32 Å². The summed E-state index contributed by atoms with van der Waals surface area (Å²) in [4.78, 5) is 11.2. The SMILES string of the molecule is CC1CCCC1Nc1ccc(Br)cc1C(=O)O. The van der Waals surface area contributed by atoms with Crippen LogP contribution in [-0.2, 0) is 0 Å². The number of carbonyl (C=O) groups is 1. The Kier molecular flexibility index (Phi) is 3.72. The van der Waals surface area contributed by atoms with Crippen LogP contribution >= 0.6 is 15.9 Å². The first kappa shape index (κ1) is 12.4. The van der Waals surface area contributed by atoms with Crippen LogP contribution in [0.15, 0.2) is 22.7 Å². The number of benzene rings is 1. The normalized spacial score (nSPS) is 23.6. The van der Waals surface area contributed by atoms with Gasteiger partial charge in [-0.15, -0.1) is 0 Å². The van der Waals surface area contributed by atoms with Gasteiger partial charge >= 0.3 is 5.97 Å². The monoisotopic (exact) mass is 297 g/mol. The predicted octanol–water partition coefficient (Wildman–Crippen LogP) is 3.75. The van der Waals surface area contributed by atoms with Crippen LogP contribution in [0.25, 0.3) is 0 Å². The van der Waals surface area contributed by atoms with Crippen LogP contribution in [0.4, 0.5) is 5.69 Å². The average Bonchev–Trinajstić information content (AvgIpc) is 2.67. The van der Waals surface area contributed by atoms with Gasteiger partial charge in [0.05, 0.1) is 5.56 Å². The number of carboxylic acids is 1. The Labute approximate surface area is 109 Å². The first-order valence-electron chi connectivity index (χ1n) is 5.87. The second-order valence-corrected chi connectivity index (χ2v) is 5.57. The van der Waals surface area contributed by atoms with Crippen LogP contribution in [0.1, 0.15) is 36.5 Å². The first-order chi connectivity index (χ1) is 8.08. The van der Waals surface area contributed by atoms with Crippen molar-refractivity contribution in [2.24, 2.45) is 5.92 Å². The van der Waals surface area contributed by atoms with Crippen molar-refractivity contribution in [3.05, 3.63) is 28.2 Å². The Morgan fingerprint density at radius 2 is 2.24 bits per heavy atom. The molecule has 92 valence electrons. The largest absolute Gasteiger partial charge is 0.478 e. The Morgan fingerprint density at radius 3 is 2.82 bits per heavy atom. The van der Waals surface area contributed by atoms with Crippen molar-refractivity contribution in [3.63, 3.8) is 0 Å². The topological polar surface area (TPSA) is 49.3 Å². The zero-order valence-corrected chi connectivity index (χ0v) is 11.3. The van der Waals surface area contributed by atoms with Crippen molar-refractivity contribution in [2.75, 3.05) is 5.32 Å². The van der Waals surface area contributed by atoms with Gasteiger partial charge in [0.2, 0.25) is 0 Å². The van der Waals surface area contributed by atoms with E-state index in [1.54, 1.807) is 6.07 Å². The minimum Gasteiger partial charge on any atom is -0.478 e. The van der Waals surface area contributed by atoms with Crippen LogP contribution in [-0.4, -0.2) is 17.1 Å². The molecule has 1 aromatic carbocycles. The summed E-state index contributed by atoms with van der Waals surface area (Å²) in [7, 11) is 0. The highest BCUT2D eigenvalue weighted by Crippen LogP contribution is 2.30. The molecule has 0 saturated heterocycles. The Bertz CT molecular complexity index is 433. The molecule has 0 aromatic heterocycles. The molecule has 2 rings (SSSR count). The van der Waals surface area contributed by atoms with Crippen molar-refractivity contribution in [1.29, 1.82) is 0 Å². The van der Waals surface area contributed by atoms with Gasteiger partial charge in [-0.2, -0.15) is 0 Å². The molecule has 0 radical (unpaired) electrons. The van der Waals surface area contributed by atoms with Crippen LogP contribution in [0.3, 0.4) is 0 Å². The van der Waals surface area contributed by atoms with Gasteiger partial charge in [0.25, 0.3) is 0 Å². The van der Waals surface area contributed by atoms with E-state index in [1.807, 2.05) is 12.1 Å². The van der Waals surface area contributed by atoms with Crippen molar-refractivity contribution < 1.29 is 9.90 Å². The highest BCUT2D eigenvalue weighted by molar-refractivity contribution is 9.10. The molecule has 1 aliphatic carbocycles. The van der Waals surface area contributed by atoms with E-state index in [2.05, 4.69) is 28.2 Å². The molecule has 17 heavy (non-hydrogen) atoms. The second-order valence-electron chi connectivity index (χ2n) is 4.65. The minimum atomic E-state index is -0.889. The summed E-state index contributed by atoms with van der Waals surface area (Å²) in [6.07, 6.45) is 3.56. The summed E-state index contributed by atoms with van der Waals surface area (Å²) in [5, 5.41) is 12.5. The van der Waals surface area contributed by atoms with E-state index in [0.29, 0.717) is 17.5 Å². The number of nitrogens with one attached hydrogen (secondary N) is 1. The Balaban J connectivity index is 2.22. The molecule has 1 aliphatic rings. The quantitative estimate of drug-likeness (QED) is 0.893. The fourth-order valence-electron chi connectivity index (χ4n) is 2.38. The third-order valence-electron chi connectivity index (χ3n) is 3.41. The summed E-state index contributed by atoms with van der Waals surface area (Å²) in [5.41, 5.74) is 1.05. The van der Waals surface area contributed by atoms with Gasteiger partial charge in [-0.25, -0.2) is 4.79 Å². The zero-order valence-electron chi connectivity index (χ0n) is 9.74. The third kappa shape index (κ3) is 2.80.